The van der Waals surface area contributed by atoms with Crippen LogP contribution in [0.3, 0.4) is 0 Å². The first-order valence-electron chi connectivity index (χ1n) is 7.08. The zero-order chi connectivity index (χ0) is 16.7. The van der Waals surface area contributed by atoms with Gasteiger partial charge in [0.2, 0.25) is 5.78 Å². The van der Waals surface area contributed by atoms with Crippen molar-refractivity contribution < 1.29 is 19.7 Å². The molecule has 4 rings (SSSR count). The highest BCUT2D eigenvalue weighted by Crippen LogP contribution is 2.40. The molecule has 0 bridgehead atoms. The van der Waals surface area contributed by atoms with Crippen molar-refractivity contribution >= 4 is 11.9 Å². The molecule has 0 radical (unpaired) electrons. The molecule has 0 saturated heterocycles. The van der Waals surface area contributed by atoms with E-state index in [0.717, 1.165) is 11.6 Å². The molecule has 1 aromatic carbocycles. The zero-order valence-corrected chi connectivity index (χ0v) is 12.2. The van der Waals surface area contributed by atoms with Crippen LogP contribution < -0.4 is 4.74 Å². The minimum atomic E-state index is -0.456. The Hall–Kier alpha value is -3.61. The molecule has 1 aliphatic rings. The Kier molecular flexibility index (Phi) is 3.06. The van der Waals surface area contributed by atoms with Crippen molar-refractivity contribution in [1.82, 2.24) is 15.2 Å². The van der Waals surface area contributed by atoms with E-state index >= 15 is 0 Å². The Morgan fingerprint density at radius 1 is 1.12 bits per heavy atom. The lowest BCUT2D eigenvalue weighted by Crippen LogP contribution is -1.98. The number of allylic oxidation sites excluding steroid dienone is 1. The lowest BCUT2D eigenvalue weighted by atomic mass is 10.1. The third kappa shape index (κ3) is 2.28. The number of ketones is 1. The number of Topliss-reactive ketones (excluding diaryl/α,β-unsaturated/α-hetero) is 1. The van der Waals surface area contributed by atoms with Crippen LogP contribution in [-0.2, 0) is 0 Å². The van der Waals surface area contributed by atoms with Crippen molar-refractivity contribution in [1.29, 1.82) is 0 Å². The number of H-pyrrole nitrogens is 1. The predicted molar refractivity (Wildman–Crippen MR) is 84.5 cm³/mol. The second-order valence-corrected chi connectivity index (χ2v) is 5.22. The number of rotatable bonds is 2. The second-order valence-electron chi connectivity index (χ2n) is 5.22. The number of hydrogen-bond donors (Lipinski definition) is 3. The molecular weight excluding hydrogens is 310 g/mol. The van der Waals surface area contributed by atoms with Crippen LogP contribution in [0.1, 0.15) is 16.1 Å². The van der Waals surface area contributed by atoms with E-state index in [-0.39, 0.29) is 28.6 Å². The van der Waals surface area contributed by atoms with Gasteiger partial charge in [0.05, 0.1) is 11.4 Å². The van der Waals surface area contributed by atoms with Crippen LogP contribution in [0.2, 0.25) is 0 Å². The van der Waals surface area contributed by atoms with Gasteiger partial charge in [0, 0.05) is 36.2 Å². The van der Waals surface area contributed by atoms with Crippen LogP contribution >= 0.6 is 0 Å². The van der Waals surface area contributed by atoms with E-state index < -0.39 is 5.78 Å². The van der Waals surface area contributed by atoms with E-state index in [1.165, 1.54) is 12.1 Å². The molecular formula is C17H11N3O4. The molecule has 0 atom stereocenters. The summed E-state index contributed by atoms with van der Waals surface area (Å²) in [5.74, 6) is -0.793. The van der Waals surface area contributed by atoms with Gasteiger partial charge in [0.25, 0.3) is 0 Å². The van der Waals surface area contributed by atoms with E-state index in [4.69, 9.17) is 4.74 Å². The van der Waals surface area contributed by atoms with Crippen molar-refractivity contribution in [3.8, 4) is 28.5 Å². The topological polar surface area (TPSA) is 108 Å². The molecule has 3 N–H and O–H groups in total. The van der Waals surface area contributed by atoms with Crippen LogP contribution in [0, 0.1) is 0 Å². The molecule has 2 aromatic heterocycles. The number of nitrogens with one attached hydrogen (secondary N) is 1. The van der Waals surface area contributed by atoms with E-state index in [1.807, 2.05) is 12.1 Å². The van der Waals surface area contributed by atoms with Crippen molar-refractivity contribution in [2.75, 3.05) is 0 Å². The number of carbonyl (C=O) groups is 1. The van der Waals surface area contributed by atoms with E-state index in [2.05, 4.69) is 15.2 Å². The fourth-order valence-corrected chi connectivity index (χ4v) is 2.50. The molecule has 0 spiro atoms. The summed E-state index contributed by atoms with van der Waals surface area (Å²) in [6, 6.07) is 7.78. The number of phenolic OH excluding ortho intramolecular Hbond substituents is 2. The highest BCUT2D eigenvalue weighted by molar-refractivity contribution is 6.16. The Bertz CT molecular complexity index is 977. The van der Waals surface area contributed by atoms with Crippen molar-refractivity contribution in [3.63, 3.8) is 0 Å². The first kappa shape index (κ1) is 14.0. The summed E-state index contributed by atoms with van der Waals surface area (Å²) in [6.45, 7) is 0. The standard InChI is InChI=1S/C17H11N3O4/c21-11-7-13(22)16-14(8-11)24-15(17(16)23)6-10-5-12(20-19-10)9-1-3-18-4-2-9/h1-8,21-22H,(H,19,20)/b15-6-. The molecule has 0 fully saturated rings. The lowest BCUT2D eigenvalue weighted by molar-refractivity contribution is 0.101. The van der Waals surface area contributed by atoms with Crippen molar-refractivity contribution in [2.24, 2.45) is 0 Å². The third-order valence-corrected chi connectivity index (χ3v) is 3.60. The molecule has 0 unspecified atom stereocenters. The molecule has 3 aromatic rings. The number of benzene rings is 1. The Labute approximate surface area is 135 Å². The van der Waals surface area contributed by atoms with Crippen molar-refractivity contribution in [3.05, 3.63) is 59.7 Å². The minimum Gasteiger partial charge on any atom is -0.508 e. The smallest absolute Gasteiger partial charge is 0.235 e. The average Bonchev–Trinajstić information content (AvgIpc) is 3.14. The van der Waals surface area contributed by atoms with Gasteiger partial charge in [-0.05, 0) is 18.2 Å². The number of pyridine rings is 1. The highest BCUT2D eigenvalue weighted by Gasteiger charge is 2.31. The maximum atomic E-state index is 12.3. The number of aromatic amines is 1. The average molecular weight is 321 g/mol. The first-order valence-corrected chi connectivity index (χ1v) is 7.08. The Balaban J connectivity index is 1.67. The van der Waals surface area contributed by atoms with Crippen LogP contribution in [-0.4, -0.2) is 31.2 Å². The number of carbonyl (C=O) groups excluding carboxylic acids is 1. The lowest BCUT2D eigenvalue weighted by Gasteiger charge is -1.99. The van der Waals surface area contributed by atoms with Gasteiger partial charge < -0.3 is 14.9 Å². The first-order chi connectivity index (χ1) is 11.6. The molecule has 3 heterocycles. The van der Waals surface area contributed by atoms with Gasteiger partial charge in [-0.25, -0.2) is 0 Å². The largest absolute Gasteiger partial charge is 0.508 e. The minimum absolute atomic E-state index is 0.0351. The van der Waals surface area contributed by atoms with Crippen molar-refractivity contribution in [2.45, 2.75) is 0 Å². The van der Waals surface area contributed by atoms with Gasteiger partial charge in [0.1, 0.15) is 22.8 Å². The van der Waals surface area contributed by atoms with Crippen LogP contribution in [0.4, 0.5) is 0 Å². The number of hydrogen-bond acceptors (Lipinski definition) is 6. The summed E-state index contributed by atoms with van der Waals surface area (Å²) in [6.07, 6.45) is 4.83. The van der Waals surface area contributed by atoms with Gasteiger partial charge in [-0.1, -0.05) is 0 Å². The highest BCUT2D eigenvalue weighted by atomic mass is 16.5. The molecule has 0 saturated carbocycles. The van der Waals surface area contributed by atoms with E-state index in [0.29, 0.717) is 11.4 Å². The van der Waals surface area contributed by atoms with E-state index in [9.17, 15) is 15.0 Å². The maximum Gasteiger partial charge on any atom is 0.235 e. The fourth-order valence-electron chi connectivity index (χ4n) is 2.50. The summed E-state index contributed by atoms with van der Waals surface area (Å²) in [5, 5.41) is 26.3. The second kappa shape index (κ2) is 5.24. The fraction of sp³-hybridized carbons (Fsp3) is 0. The normalized spacial score (nSPS) is 14.7. The third-order valence-electron chi connectivity index (χ3n) is 3.60. The number of nitrogens with zero attached hydrogens (tertiary/aromatic N) is 2. The van der Waals surface area contributed by atoms with Crippen LogP contribution in [0.15, 0.2) is 48.5 Å². The summed E-state index contributed by atoms with van der Waals surface area (Å²) < 4.78 is 5.43. The monoisotopic (exact) mass is 321 g/mol. The Morgan fingerprint density at radius 2 is 1.92 bits per heavy atom. The quantitative estimate of drug-likeness (QED) is 0.626. The molecule has 7 heteroatoms. The van der Waals surface area contributed by atoms with Gasteiger partial charge in [-0.2, -0.15) is 5.10 Å². The van der Waals surface area contributed by atoms with E-state index in [1.54, 1.807) is 18.5 Å². The molecule has 7 nitrogen and oxygen atoms in total. The number of ether oxygens (including phenoxy) is 1. The number of aromatic nitrogens is 3. The summed E-state index contributed by atoms with van der Waals surface area (Å²) in [5.41, 5.74) is 2.19. The summed E-state index contributed by atoms with van der Waals surface area (Å²) >= 11 is 0. The molecule has 0 aliphatic carbocycles. The van der Waals surface area contributed by atoms with Crippen LogP contribution in [0.5, 0.6) is 17.2 Å². The number of phenols is 2. The zero-order valence-electron chi connectivity index (χ0n) is 12.2. The number of aromatic hydroxyl groups is 2. The Morgan fingerprint density at radius 3 is 2.71 bits per heavy atom. The van der Waals surface area contributed by atoms with Gasteiger partial charge in [-0.15, -0.1) is 0 Å². The molecule has 118 valence electrons. The van der Waals surface area contributed by atoms with Gasteiger partial charge >= 0.3 is 0 Å². The molecule has 0 amide bonds. The van der Waals surface area contributed by atoms with Gasteiger partial charge in [0.15, 0.2) is 5.76 Å². The van der Waals surface area contributed by atoms with Crippen LogP contribution in [0.25, 0.3) is 17.3 Å². The number of fused-ring (bicyclic) bond motifs is 1. The predicted octanol–water partition coefficient (Wildman–Crippen LogP) is 2.50. The maximum absolute atomic E-state index is 12.3. The SMILES string of the molecule is O=C1/C(=C/c2cc(-c3ccncc3)n[nH]2)Oc2cc(O)cc(O)c21. The summed E-state index contributed by atoms with van der Waals surface area (Å²) in [4.78, 5) is 16.3. The summed E-state index contributed by atoms with van der Waals surface area (Å²) in [7, 11) is 0. The molecule has 1 aliphatic heterocycles. The molecule has 24 heavy (non-hydrogen) atoms. The van der Waals surface area contributed by atoms with Gasteiger partial charge in [-0.3, -0.25) is 14.9 Å².